The highest BCUT2D eigenvalue weighted by molar-refractivity contribution is 5.96. The van der Waals surface area contributed by atoms with Crippen molar-refractivity contribution in [3.05, 3.63) is 59.7 Å². The molecule has 1 saturated carbocycles. The minimum absolute atomic E-state index is 0.215. The molecule has 0 aromatic heterocycles. The highest BCUT2D eigenvalue weighted by atomic mass is 16.5. The molecule has 0 radical (unpaired) electrons. The number of carboxylic acids is 1. The number of nitrogens with one attached hydrogen (secondary N) is 1. The molecule has 2 aromatic carbocycles. The lowest BCUT2D eigenvalue weighted by Crippen LogP contribution is -2.23. The second kappa shape index (κ2) is 8.38. The Morgan fingerprint density at radius 3 is 2.65 bits per heavy atom. The summed E-state index contributed by atoms with van der Waals surface area (Å²) >= 11 is 0. The number of hydrogen-bond acceptors (Lipinski definition) is 4. The van der Waals surface area contributed by atoms with E-state index in [1.165, 1.54) is 12.8 Å². The molecule has 0 spiro atoms. The van der Waals surface area contributed by atoms with Crippen molar-refractivity contribution >= 4 is 11.9 Å². The lowest BCUT2D eigenvalue weighted by atomic mass is 10.1. The fourth-order valence-electron chi connectivity index (χ4n) is 2.44. The smallest absolute Gasteiger partial charge is 0.341 e. The van der Waals surface area contributed by atoms with Gasteiger partial charge < -0.3 is 19.9 Å². The van der Waals surface area contributed by atoms with Crippen molar-refractivity contribution in [2.45, 2.75) is 19.4 Å². The van der Waals surface area contributed by atoms with Crippen LogP contribution in [-0.4, -0.2) is 30.2 Å². The summed E-state index contributed by atoms with van der Waals surface area (Å²) in [5.41, 5.74) is 1.32. The SMILES string of the molecule is O=C(O)COc1cccc(CNC(=O)c2ccccc2OCC2CC2)c1. The molecular formula is C20H21NO5. The molecule has 0 saturated heterocycles. The van der Waals surface area contributed by atoms with Crippen LogP contribution in [0.2, 0.25) is 0 Å². The fraction of sp³-hybridized carbons (Fsp3) is 0.300. The van der Waals surface area contributed by atoms with Gasteiger partial charge in [0.2, 0.25) is 0 Å². The number of carbonyl (C=O) groups excluding carboxylic acids is 1. The molecule has 1 aliphatic carbocycles. The Morgan fingerprint density at radius 1 is 1.08 bits per heavy atom. The summed E-state index contributed by atoms with van der Waals surface area (Å²) in [6.07, 6.45) is 2.38. The fourth-order valence-corrected chi connectivity index (χ4v) is 2.44. The Hall–Kier alpha value is -3.02. The van der Waals surface area contributed by atoms with Crippen LogP contribution in [0.3, 0.4) is 0 Å². The van der Waals surface area contributed by atoms with Crippen LogP contribution in [0, 0.1) is 5.92 Å². The molecule has 3 rings (SSSR count). The van der Waals surface area contributed by atoms with E-state index in [0.29, 0.717) is 36.1 Å². The summed E-state index contributed by atoms with van der Waals surface area (Å²) in [6.45, 7) is 0.550. The van der Waals surface area contributed by atoms with Gasteiger partial charge in [0.25, 0.3) is 5.91 Å². The third kappa shape index (κ3) is 5.24. The van der Waals surface area contributed by atoms with Crippen molar-refractivity contribution < 1.29 is 24.2 Å². The van der Waals surface area contributed by atoms with Crippen LogP contribution in [0.15, 0.2) is 48.5 Å². The van der Waals surface area contributed by atoms with Gasteiger partial charge in [0.1, 0.15) is 11.5 Å². The predicted molar refractivity (Wildman–Crippen MR) is 95.4 cm³/mol. The van der Waals surface area contributed by atoms with Crippen molar-refractivity contribution in [1.82, 2.24) is 5.32 Å². The van der Waals surface area contributed by atoms with Gasteiger partial charge in [0.15, 0.2) is 6.61 Å². The molecule has 0 atom stereocenters. The van der Waals surface area contributed by atoms with Crippen LogP contribution in [-0.2, 0) is 11.3 Å². The summed E-state index contributed by atoms with van der Waals surface area (Å²) in [6, 6.07) is 14.2. The number of rotatable bonds is 9. The number of carbonyl (C=O) groups is 2. The van der Waals surface area contributed by atoms with Crippen molar-refractivity contribution in [3.63, 3.8) is 0 Å². The zero-order valence-electron chi connectivity index (χ0n) is 14.3. The molecule has 1 amide bonds. The van der Waals surface area contributed by atoms with E-state index in [2.05, 4.69) is 5.32 Å². The molecule has 0 aliphatic heterocycles. The van der Waals surface area contributed by atoms with Gasteiger partial charge in [0, 0.05) is 6.54 Å². The van der Waals surface area contributed by atoms with Gasteiger partial charge in [-0.3, -0.25) is 4.79 Å². The first kappa shape index (κ1) is 17.8. The van der Waals surface area contributed by atoms with Gasteiger partial charge in [-0.05, 0) is 48.6 Å². The monoisotopic (exact) mass is 355 g/mol. The summed E-state index contributed by atoms with van der Waals surface area (Å²) < 4.78 is 10.9. The Labute approximate surface area is 151 Å². The van der Waals surface area contributed by atoms with Gasteiger partial charge in [0.05, 0.1) is 12.2 Å². The molecule has 2 aromatic rings. The Morgan fingerprint density at radius 2 is 1.88 bits per heavy atom. The van der Waals surface area contributed by atoms with Crippen LogP contribution in [0.25, 0.3) is 0 Å². The first-order valence-corrected chi connectivity index (χ1v) is 8.55. The summed E-state index contributed by atoms with van der Waals surface area (Å²) in [4.78, 5) is 23.1. The summed E-state index contributed by atoms with van der Waals surface area (Å²) in [7, 11) is 0. The van der Waals surface area contributed by atoms with E-state index in [4.69, 9.17) is 14.6 Å². The molecule has 1 fully saturated rings. The van der Waals surface area contributed by atoms with E-state index in [1.807, 2.05) is 12.1 Å². The largest absolute Gasteiger partial charge is 0.492 e. The highest BCUT2D eigenvalue weighted by Crippen LogP contribution is 2.30. The third-order valence-corrected chi connectivity index (χ3v) is 4.02. The van der Waals surface area contributed by atoms with Crippen molar-refractivity contribution in [2.24, 2.45) is 5.92 Å². The first-order valence-electron chi connectivity index (χ1n) is 8.55. The number of aliphatic carboxylic acids is 1. The quantitative estimate of drug-likeness (QED) is 0.722. The number of para-hydroxylation sites is 1. The zero-order chi connectivity index (χ0) is 18.4. The average molecular weight is 355 g/mol. The first-order chi connectivity index (χ1) is 12.6. The van der Waals surface area contributed by atoms with Crippen LogP contribution >= 0.6 is 0 Å². The Balaban J connectivity index is 1.58. The standard InChI is InChI=1S/C20H21NO5/c22-19(23)13-25-16-5-3-4-15(10-16)11-21-20(24)17-6-1-2-7-18(17)26-12-14-8-9-14/h1-7,10,14H,8-9,11-13H2,(H,21,24)(H,22,23). The molecule has 1 aliphatic rings. The topological polar surface area (TPSA) is 84.9 Å². The van der Waals surface area contributed by atoms with Crippen LogP contribution in [0.5, 0.6) is 11.5 Å². The number of hydrogen-bond donors (Lipinski definition) is 2. The van der Waals surface area contributed by atoms with E-state index in [0.717, 1.165) is 5.56 Å². The molecule has 6 nitrogen and oxygen atoms in total. The number of ether oxygens (including phenoxy) is 2. The Kier molecular flexibility index (Phi) is 5.73. The van der Waals surface area contributed by atoms with E-state index in [-0.39, 0.29) is 5.91 Å². The normalized spacial score (nSPS) is 13.1. The molecule has 0 heterocycles. The lowest BCUT2D eigenvalue weighted by Gasteiger charge is -2.12. The van der Waals surface area contributed by atoms with Crippen molar-refractivity contribution in [1.29, 1.82) is 0 Å². The van der Waals surface area contributed by atoms with Gasteiger partial charge in [-0.25, -0.2) is 4.79 Å². The minimum Gasteiger partial charge on any atom is -0.492 e. The second-order valence-electron chi connectivity index (χ2n) is 6.26. The molecule has 136 valence electrons. The van der Waals surface area contributed by atoms with Gasteiger partial charge in [-0.15, -0.1) is 0 Å². The molecule has 26 heavy (non-hydrogen) atoms. The lowest BCUT2D eigenvalue weighted by molar-refractivity contribution is -0.139. The van der Waals surface area contributed by atoms with Crippen molar-refractivity contribution in [3.8, 4) is 11.5 Å². The van der Waals surface area contributed by atoms with E-state index in [1.54, 1.807) is 36.4 Å². The molecule has 6 heteroatoms. The predicted octanol–water partition coefficient (Wildman–Crippen LogP) is 2.87. The molecule has 2 N–H and O–H groups in total. The van der Waals surface area contributed by atoms with Gasteiger partial charge in [-0.1, -0.05) is 24.3 Å². The maximum absolute atomic E-state index is 12.5. The van der Waals surface area contributed by atoms with Crippen LogP contribution in [0.1, 0.15) is 28.8 Å². The minimum atomic E-state index is -1.04. The van der Waals surface area contributed by atoms with Crippen LogP contribution in [0.4, 0.5) is 0 Å². The van der Waals surface area contributed by atoms with Crippen molar-refractivity contribution in [2.75, 3.05) is 13.2 Å². The maximum Gasteiger partial charge on any atom is 0.341 e. The number of carboxylic acid groups (broad SMARTS) is 1. The molecular weight excluding hydrogens is 334 g/mol. The Bertz CT molecular complexity index is 785. The third-order valence-electron chi connectivity index (χ3n) is 4.02. The van der Waals surface area contributed by atoms with Gasteiger partial charge in [-0.2, -0.15) is 0 Å². The van der Waals surface area contributed by atoms with Gasteiger partial charge >= 0.3 is 5.97 Å². The average Bonchev–Trinajstić information content (AvgIpc) is 3.48. The number of benzene rings is 2. The summed E-state index contributed by atoms with van der Waals surface area (Å²) in [5.74, 6) is 0.405. The van der Waals surface area contributed by atoms with E-state index < -0.39 is 12.6 Å². The number of amides is 1. The van der Waals surface area contributed by atoms with E-state index >= 15 is 0 Å². The molecule has 0 unspecified atom stereocenters. The summed E-state index contributed by atoms with van der Waals surface area (Å²) in [5, 5.41) is 11.5. The second-order valence-corrected chi connectivity index (χ2v) is 6.26. The molecule has 0 bridgehead atoms. The zero-order valence-corrected chi connectivity index (χ0v) is 14.3. The van der Waals surface area contributed by atoms with E-state index in [9.17, 15) is 9.59 Å². The highest BCUT2D eigenvalue weighted by Gasteiger charge is 2.23. The van der Waals surface area contributed by atoms with Crippen LogP contribution < -0.4 is 14.8 Å². The maximum atomic E-state index is 12.5.